The number of amides is 1. The molecule has 1 aromatic heterocycles. The first kappa shape index (κ1) is 20.1. The number of benzene rings is 2. The third kappa shape index (κ3) is 3.21. The third-order valence-corrected chi connectivity index (χ3v) is 7.06. The number of hydrogen-bond donors (Lipinski definition) is 0. The van der Waals surface area contributed by atoms with E-state index in [9.17, 15) is 4.79 Å². The molecule has 2 aliphatic heterocycles. The number of fused-ring (bicyclic) bond motifs is 1. The Bertz CT molecular complexity index is 1180. The summed E-state index contributed by atoms with van der Waals surface area (Å²) < 4.78 is 8.20. The highest BCUT2D eigenvalue weighted by atomic mass is 16.5. The number of nitrogens with zero attached hydrogens (tertiary/aromatic N) is 2. The zero-order valence-corrected chi connectivity index (χ0v) is 18.8. The Morgan fingerprint density at radius 2 is 1.77 bits per heavy atom. The van der Waals surface area contributed by atoms with Crippen LogP contribution in [0.5, 0.6) is 0 Å². The van der Waals surface area contributed by atoms with E-state index in [0.717, 1.165) is 30.6 Å². The fourth-order valence-electron chi connectivity index (χ4n) is 5.27. The topological polar surface area (TPSA) is 34.5 Å². The van der Waals surface area contributed by atoms with Gasteiger partial charge in [0.1, 0.15) is 0 Å². The van der Waals surface area contributed by atoms with Gasteiger partial charge in [-0.2, -0.15) is 0 Å². The molecular weight excluding hydrogens is 384 g/mol. The van der Waals surface area contributed by atoms with Crippen LogP contribution in [0.1, 0.15) is 43.9 Å². The molecule has 31 heavy (non-hydrogen) atoms. The van der Waals surface area contributed by atoms with Crippen molar-refractivity contribution in [1.82, 2.24) is 9.47 Å². The predicted octanol–water partition coefficient (Wildman–Crippen LogP) is 5.55. The van der Waals surface area contributed by atoms with Gasteiger partial charge in [0.25, 0.3) is 0 Å². The Hall–Kier alpha value is -2.85. The van der Waals surface area contributed by atoms with Crippen LogP contribution in [0.25, 0.3) is 22.2 Å². The van der Waals surface area contributed by atoms with Gasteiger partial charge in [-0.25, -0.2) is 0 Å². The van der Waals surface area contributed by atoms with Gasteiger partial charge in [0.2, 0.25) is 5.91 Å². The smallest absolute Gasteiger partial charge is 0.250 e. The second-order valence-corrected chi connectivity index (χ2v) is 9.01. The molecule has 1 fully saturated rings. The summed E-state index contributed by atoms with van der Waals surface area (Å²) in [6.45, 7) is 7.65. The van der Waals surface area contributed by atoms with Gasteiger partial charge in [-0.05, 0) is 50.8 Å². The second kappa shape index (κ2) is 7.69. The lowest BCUT2D eigenvalue weighted by Gasteiger charge is -2.30. The van der Waals surface area contributed by atoms with E-state index < -0.39 is 0 Å². The van der Waals surface area contributed by atoms with Crippen molar-refractivity contribution < 1.29 is 9.53 Å². The van der Waals surface area contributed by atoms with Crippen LogP contribution in [0.2, 0.25) is 0 Å². The molecule has 0 radical (unpaired) electrons. The summed E-state index contributed by atoms with van der Waals surface area (Å²) in [7, 11) is 2.13. The molecule has 4 heteroatoms. The first-order chi connectivity index (χ1) is 15.0. The molecular formula is C27H30N2O2. The maximum absolute atomic E-state index is 13.3. The fraction of sp³-hybridized carbons (Fsp3) is 0.370. The normalized spacial score (nSPS) is 21.7. The SMILES string of the molecule is CC1=C(C)[C@H](c2c(-c3ccc(C)cc3)n(C)c3ccccc23)N(C[C@H]2CCCO2)C1=O. The van der Waals surface area contributed by atoms with Crippen LogP contribution in [0.3, 0.4) is 0 Å². The van der Waals surface area contributed by atoms with Gasteiger partial charge in [0.15, 0.2) is 0 Å². The summed E-state index contributed by atoms with van der Waals surface area (Å²) in [5.41, 5.74) is 8.04. The van der Waals surface area contributed by atoms with Gasteiger partial charge in [0.05, 0.1) is 17.8 Å². The van der Waals surface area contributed by atoms with Crippen LogP contribution < -0.4 is 0 Å². The van der Waals surface area contributed by atoms with E-state index in [1.54, 1.807) is 0 Å². The second-order valence-electron chi connectivity index (χ2n) is 9.01. The Kier molecular flexibility index (Phi) is 4.98. The molecule has 1 amide bonds. The highest BCUT2D eigenvalue weighted by molar-refractivity contribution is 6.00. The molecule has 0 saturated carbocycles. The van der Waals surface area contributed by atoms with Crippen LogP contribution in [0.15, 0.2) is 59.7 Å². The first-order valence-corrected chi connectivity index (χ1v) is 11.2. The summed E-state index contributed by atoms with van der Waals surface area (Å²) in [5, 5.41) is 1.21. The number of carbonyl (C=O) groups excluding carboxylic acids is 1. The Morgan fingerprint density at radius 3 is 2.48 bits per heavy atom. The predicted molar refractivity (Wildman–Crippen MR) is 125 cm³/mol. The molecule has 0 N–H and O–H groups in total. The summed E-state index contributed by atoms with van der Waals surface area (Å²) in [4.78, 5) is 15.4. The van der Waals surface area contributed by atoms with Crippen LogP contribution in [-0.4, -0.2) is 34.6 Å². The maximum atomic E-state index is 13.3. The molecule has 5 rings (SSSR count). The van der Waals surface area contributed by atoms with Crippen molar-refractivity contribution >= 4 is 16.8 Å². The number of aromatic nitrogens is 1. The monoisotopic (exact) mass is 414 g/mol. The summed E-state index contributed by atoms with van der Waals surface area (Å²) in [6.07, 6.45) is 2.23. The zero-order valence-electron chi connectivity index (χ0n) is 18.8. The lowest BCUT2D eigenvalue weighted by Crippen LogP contribution is -2.36. The van der Waals surface area contributed by atoms with Crippen molar-refractivity contribution in [3.8, 4) is 11.3 Å². The van der Waals surface area contributed by atoms with Crippen molar-refractivity contribution in [2.24, 2.45) is 7.05 Å². The molecule has 4 nitrogen and oxygen atoms in total. The van der Waals surface area contributed by atoms with Crippen molar-refractivity contribution in [1.29, 1.82) is 0 Å². The largest absolute Gasteiger partial charge is 0.376 e. The molecule has 160 valence electrons. The van der Waals surface area contributed by atoms with Crippen molar-refractivity contribution in [3.05, 3.63) is 70.8 Å². The van der Waals surface area contributed by atoms with E-state index in [1.165, 1.54) is 33.3 Å². The van der Waals surface area contributed by atoms with Gasteiger partial charge in [-0.3, -0.25) is 4.79 Å². The van der Waals surface area contributed by atoms with E-state index in [2.05, 4.69) is 78.9 Å². The van der Waals surface area contributed by atoms with E-state index in [-0.39, 0.29) is 18.1 Å². The standard InChI is InChI=1S/C27H30N2O2/c1-17-11-13-20(14-12-17)26-24(22-9-5-6-10-23(22)28(26)4)25-18(2)19(3)27(30)29(25)16-21-8-7-15-31-21/h5-6,9-14,21,25H,7-8,15-16H2,1-4H3/t21-,25-/m1/s1. The number of ether oxygens (including phenoxy) is 1. The number of rotatable bonds is 4. The number of aryl methyl sites for hydroxylation is 2. The molecule has 2 aromatic carbocycles. The maximum Gasteiger partial charge on any atom is 0.250 e. The molecule has 0 bridgehead atoms. The highest BCUT2D eigenvalue weighted by Crippen LogP contribution is 2.46. The van der Waals surface area contributed by atoms with Crippen LogP contribution in [0.4, 0.5) is 0 Å². The average molecular weight is 415 g/mol. The van der Waals surface area contributed by atoms with Gasteiger partial charge in [0, 0.05) is 42.2 Å². The Morgan fingerprint density at radius 1 is 1.03 bits per heavy atom. The van der Waals surface area contributed by atoms with Crippen LogP contribution in [-0.2, 0) is 16.6 Å². The molecule has 0 unspecified atom stereocenters. The average Bonchev–Trinajstić information content (AvgIpc) is 3.44. The van der Waals surface area contributed by atoms with Crippen LogP contribution in [0, 0.1) is 6.92 Å². The lowest BCUT2D eigenvalue weighted by molar-refractivity contribution is -0.128. The number of hydrogen-bond acceptors (Lipinski definition) is 2. The molecule has 3 heterocycles. The van der Waals surface area contributed by atoms with E-state index in [0.29, 0.717) is 6.54 Å². The summed E-state index contributed by atoms with van der Waals surface area (Å²) in [5.74, 6) is 0.140. The Labute approximate surface area is 184 Å². The highest BCUT2D eigenvalue weighted by Gasteiger charge is 2.40. The minimum absolute atomic E-state index is 0.0703. The fourth-order valence-corrected chi connectivity index (χ4v) is 5.27. The zero-order chi connectivity index (χ0) is 21.7. The molecule has 0 aliphatic carbocycles. The van der Waals surface area contributed by atoms with E-state index >= 15 is 0 Å². The van der Waals surface area contributed by atoms with E-state index in [4.69, 9.17) is 4.74 Å². The molecule has 2 aliphatic rings. The van der Waals surface area contributed by atoms with Gasteiger partial charge >= 0.3 is 0 Å². The number of carbonyl (C=O) groups is 1. The molecule has 3 aromatic rings. The van der Waals surface area contributed by atoms with Gasteiger partial charge in [-0.1, -0.05) is 48.0 Å². The van der Waals surface area contributed by atoms with Crippen molar-refractivity contribution in [3.63, 3.8) is 0 Å². The van der Waals surface area contributed by atoms with Gasteiger partial charge in [-0.15, -0.1) is 0 Å². The van der Waals surface area contributed by atoms with Gasteiger partial charge < -0.3 is 14.2 Å². The minimum Gasteiger partial charge on any atom is -0.376 e. The quantitative estimate of drug-likeness (QED) is 0.561. The van der Waals surface area contributed by atoms with E-state index in [1.807, 2.05) is 6.92 Å². The third-order valence-electron chi connectivity index (χ3n) is 7.06. The Balaban J connectivity index is 1.73. The van der Waals surface area contributed by atoms with Crippen molar-refractivity contribution in [2.75, 3.05) is 13.2 Å². The molecule has 0 spiro atoms. The summed E-state index contributed by atoms with van der Waals surface area (Å²) >= 11 is 0. The lowest BCUT2D eigenvalue weighted by atomic mass is 9.93. The minimum atomic E-state index is -0.0703. The molecule has 1 saturated heterocycles. The number of para-hydroxylation sites is 1. The summed E-state index contributed by atoms with van der Waals surface area (Å²) in [6, 6.07) is 17.2. The molecule has 2 atom stereocenters. The van der Waals surface area contributed by atoms with Crippen molar-refractivity contribution in [2.45, 2.75) is 45.8 Å². The van der Waals surface area contributed by atoms with Crippen LogP contribution >= 0.6 is 0 Å². The first-order valence-electron chi connectivity index (χ1n) is 11.2.